The van der Waals surface area contributed by atoms with Crippen LogP contribution in [0.25, 0.3) is 11.5 Å². The Hall–Kier alpha value is -2.34. The highest BCUT2D eigenvalue weighted by Gasteiger charge is 2.09. The lowest BCUT2D eigenvalue weighted by molar-refractivity contribution is 0.338. The van der Waals surface area contributed by atoms with Gasteiger partial charge in [0, 0.05) is 23.7 Å². The first-order chi connectivity index (χ1) is 11.2. The van der Waals surface area contributed by atoms with Gasteiger partial charge >= 0.3 is 0 Å². The molecule has 3 rings (SSSR count). The molecule has 0 saturated heterocycles. The number of hydrogen-bond donors (Lipinski definition) is 0. The molecule has 0 N–H and O–H groups in total. The van der Waals surface area contributed by atoms with Crippen molar-refractivity contribution in [2.75, 3.05) is 12.4 Å². The van der Waals surface area contributed by atoms with E-state index in [1.807, 2.05) is 18.2 Å². The predicted octanol–water partition coefficient (Wildman–Crippen LogP) is 3.92. The maximum Gasteiger partial charge on any atom is 0.276 e. The number of pyridine rings is 1. The van der Waals surface area contributed by atoms with Crippen LogP contribution in [0.4, 0.5) is 0 Å². The lowest BCUT2D eigenvalue weighted by Gasteiger charge is -2.10. The van der Waals surface area contributed by atoms with E-state index in [1.165, 1.54) is 11.8 Å². The van der Waals surface area contributed by atoms with Gasteiger partial charge in [-0.1, -0.05) is 30.0 Å². The zero-order valence-electron chi connectivity index (χ0n) is 13.0. The third-order valence-corrected chi connectivity index (χ3v) is 4.08. The summed E-state index contributed by atoms with van der Waals surface area (Å²) in [6.45, 7) is 4.69. The van der Waals surface area contributed by atoms with Crippen LogP contribution in [0.5, 0.6) is 5.75 Å². The van der Waals surface area contributed by atoms with Crippen LogP contribution < -0.4 is 4.74 Å². The van der Waals surface area contributed by atoms with Crippen LogP contribution in [-0.2, 0) is 0 Å². The van der Waals surface area contributed by atoms with Crippen LogP contribution in [0.3, 0.4) is 0 Å². The Balaban J connectivity index is 1.53. The number of ether oxygens (including phenoxy) is 1. The van der Waals surface area contributed by atoms with E-state index in [0.717, 1.165) is 28.2 Å². The minimum Gasteiger partial charge on any atom is -0.492 e. The molecule has 0 fully saturated rings. The van der Waals surface area contributed by atoms with Crippen molar-refractivity contribution in [1.29, 1.82) is 0 Å². The van der Waals surface area contributed by atoms with Gasteiger partial charge in [-0.25, -0.2) is 0 Å². The molecule has 0 amide bonds. The molecule has 2 aromatic heterocycles. The Morgan fingerprint density at radius 2 is 1.78 bits per heavy atom. The molecule has 0 unspecified atom stereocenters. The van der Waals surface area contributed by atoms with Crippen LogP contribution in [0, 0.1) is 13.8 Å². The molecule has 0 radical (unpaired) electrons. The average Bonchev–Trinajstić information content (AvgIpc) is 3.03. The Morgan fingerprint density at radius 3 is 2.52 bits per heavy atom. The Morgan fingerprint density at radius 1 is 1.04 bits per heavy atom. The van der Waals surface area contributed by atoms with E-state index >= 15 is 0 Å². The van der Waals surface area contributed by atoms with Crippen molar-refractivity contribution in [1.82, 2.24) is 15.2 Å². The highest BCUT2D eigenvalue weighted by Crippen LogP contribution is 2.24. The summed E-state index contributed by atoms with van der Waals surface area (Å²) in [6, 6.07) is 9.81. The summed E-state index contributed by atoms with van der Waals surface area (Å²) in [4.78, 5) is 3.97. The number of nitrogens with zero attached hydrogens (tertiary/aromatic N) is 3. The Bertz CT molecular complexity index is 754. The third kappa shape index (κ3) is 3.90. The maximum atomic E-state index is 5.86. The van der Waals surface area contributed by atoms with Gasteiger partial charge in [0.1, 0.15) is 5.75 Å². The van der Waals surface area contributed by atoms with Crippen molar-refractivity contribution in [2.24, 2.45) is 0 Å². The maximum absolute atomic E-state index is 5.86. The molecule has 2 heterocycles. The molecule has 3 aromatic rings. The van der Waals surface area contributed by atoms with Crippen molar-refractivity contribution in [3.63, 3.8) is 0 Å². The minimum absolute atomic E-state index is 0.505. The molecule has 5 nitrogen and oxygen atoms in total. The molecular weight excluding hydrogens is 310 g/mol. The van der Waals surface area contributed by atoms with Crippen LogP contribution in [0.1, 0.15) is 11.1 Å². The molecule has 0 bridgehead atoms. The summed E-state index contributed by atoms with van der Waals surface area (Å²) in [7, 11) is 0. The van der Waals surface area contributed by atoms with Crippen LogP contribution in [0.2, 0.25) is 0 Å². The van der Waals surface area contributed by atoms with Gasteiger partial charge in [0.15, 0.2) is 0 Å². The van der Waals surface area contributed by atoms with Gasteiger partial charge in [0.05, 0.1) is 6.61 Å². The van der Waals surface area contributed by atoms with Gasteiger partial charge < -0.3 is 9.15 Å². The number of hydrogen-bond acceptors (Lipinski definition) is 6. The first-order valence-corrected chi connectivity index (χ1v) is 8.28. The summed E-state index contributed by atoms with van der Waals surface area (Å²) >= 11 is 1.49. The van der Waals surface area contributed by atoms with Gasteiger partial charge in [0.25, 0.3) is 5.22 Å². The number of benzene rings is 1. The van der Waals surface area contributed by atoms with Gasteiger partial charge in [0.2, 0.25) is 5.89 Å². The largest absolute Gasteiger partial charge is 0.492 e. The van der Waals surface area contributed by atoms with E-state index in [1.54, 1.807) is 12.4 Å². The van der Waals surface area contributed by atoms with E-state index < -0.39 is 0 Å². The lowest BCUT2D eigenvalue weighted by atomic mass is 10.1. The first-order valence-electron chi connectivity index (χ1n) is 7.30. The van der Waals surface area contributed by atoms with Crippen molar-refractivity contribution in [3.8, 4) is 17.2 Å². The topological polar surface area (TPSA) is 61.0 Å². The summed E-state index contributed by atoms with van der Waals surface area (Å²) in [5.41, 5.74) is 3.16. The first kappa shape index (κ1) is 15.6. The summed E-state index contributed by atoms with van der Waals surface area (Å²) in [6.07, 6.45) is 3.40. The standard InChI is InChI=1S/C17H17N3O2S/c1-12-4-3-5-13(2)15(12)21-10-11-23-17-20-19-16(22-17)14-6-8-18-9-7-14/h3-9H,10-11H2,1-2H3. The van der Waals surface area contributed by atoms with E-state index in [2.05, 4.69) is 41.2 Å². The molecule has 0 aliphatic rings. The quantitative estimate of drug-likeness (QED) is 0.505. The lowest BCUT2D eigenvalue weighted by Crippen LogP contribution is -2.02. The third-order valence-electron chi connectivity index (χ3n) is 3.30. The van der Waals surface area contributed by atoms with Crippen molar-refractivity contribution >= 4 is 11.8 Å². The Kier molecular flexibility index (Phi) is 4.92. The number of rotatable bonds is 6. The fourth-order valence-corrected chi connectivity index (χ4v) is 2.76. The molecule has 6 heteroatoms. The van der Waals surface area contributed by atoms with Gasteiger partial charge in [-0.15, -0.1) is 10.2 Å². The fraction of sp³-hybridized carbons (Fsp3) is 0.235. The van der Waals surface area contributed by atoms with E-state index in [-0.39, 0.29) is 0 Å². The molecule has 118 valence electrons. The highest BCUT2D eigenvalue weighted by molar-refractivity contribution is 7.99. The average molecular weight is 327 g/mol. The zero-order chi connectivity index (χ0) is 16.1. The highest BCUT2D eigenvalue weighted by atomic mass is 32.2. The summed E-state index contributed by atoms with van der Waals surface area (Å²) in [5, 5.41) is 8.63. The molecule has 0 aliphatic heterocycles. The zero-order valence-corrected chi connectivity index (χ0v) is 13.8. The van der Waals surface area contributed by atoms with Gasteiger partial charge in [-0.05, 0) is 37.1 Å². The molecule has 0 saturated carbocycles. The normalized spacial score (nSPS) is 10.7. The predicted molar refractivity (Wildman–Crippen MR) is 89.7 cm³/mol. The van der Waals surface area contributed by atoms with E-state index in [0.29, 0.717) is 17.7 Å². The molecule has 0 aliphatic carbocycles. The van der Waals surface area contributed by atoms with Gasteiger partial charge in [-0.2, -0.15) is 0 Å². The summed E-state index contributed by atoms with van der Waals surface area (Å²) in [5.74, 6) is 2.20. The molecule has 1 aromatic carbocycles. The second-order valence-electron chi connectivity index (χ2n) is 5.03. The molecule has 0 spiro atoms. The second kappa shape index (κ2) is 7.28. The van der Waals surface area contributed by atoms with Crippen molar-refractivity contribution in [2.45, 2.75) is 19.1 Å². The van der Waals surface area contributed by atoms with E-state index in [9.17, 15) is 0 Å². The number of thioether (sulfide) groups is 1. The smallest absolute Gasteiger partial charge is 0.276 e. The molecule has 0 atom stereocenters. The number of para-hydroxylation sites is 1. The summed E-state index contributed by atoms with van der Waals surface area (Å²) < 4.78 is 11.5. The van der Waals surface area contributed by atoms with Crippen LogP contribution in [0.15, 0.2) is 52.4 Å². The SMILES string of the molecule is Cc1cccc(C)c1OCCSc1nnc(-c2ccncc2)o1. The second-order valence-corrected chi connectivity index (χ2v) is 6.07. The monoisotopic (exact) mass is 327 g/mol. The number of aromatic nitrogens is 3. The van der Waals surface area contributed by atoms with Crippen molar-refractivity contribution in [3.05, 3.63) is 53.9 Å². The van der Waals surface area contributed by atoms with Crippen LogP contribution in [-0.4, -0.2) is 27.5 Å². The van der Waals surface area contributed by atoms with Crippen LogP contribution >= 0.6 is 11.8 Å². The molecular formula is C17H17N3O2S. The minimum atomic E-state index is 0.505. The fourth-order valence-electron chi connectivity index (χ4n) is 2.18. The van der Waals surface area contributed by atoms with Gasteiger partial charge in [-0.3, -0.25) is 4.98 Å². The van der Waals surface area contributed by atoms with Crippen molar-refractivity contribution < 1.29 is 9.15 Å². The molecule has 23 heavy (non-hydrogen) atoms. The van der Waals surface area contributed by atoms with E-state index in [4.69, 9.17) is 9.15 Å². The Labute approximate surface area is 139 Å². The number of aryl methyl sites for hydroxylation is 2.